The van der Waals surface area contributed by atoms with E-state index in [2.05, 4.69) is 10.6 Å². The lowest BCUT2D eigenvalue weighted by molar-refractivity contribution is 0.247. The first-order valence-corrected chi connectivity index (χ1v) is 9.62. The number of benzene rings is 1. The Morgan fingerprint density at radius 3 is 2.22 bits per heavy atom. The fourth-order valence-corrected chi connectivity index (χ4v) is 4.49. The molecular formula is C17H26N2O3S. The number of hydrogen-bond donors (Lipinski definition) is 2. The van der Waals surface area contributed by atoms with Crippen molar-refractivity contribution in [1.29, 1.82) is 0 Å². The van der Waals surface area contributed by atoms with Crippen molar-refractivity contribution in [2.24, 2.45) is 5.41 Å². The van der Waals surface area contributed by atoms with Gasteiger partial charge in [0.25, 0.3) is 0 Å². The van der Waals surface area contributed by atoms with Crippen molar-refractivity contribution >= 4 is 21.6 Å². The molecule has 0 atom stereocenters. The third-order valence-corrected chi connectivity index (χ3v) is 6.24. The lowest BCUT2D eigenvalue weighted by Crippen LogP contribution is -2.35. The van der Waals surface area contributed by atoms with Crippen LogP contribution >= 0.6 is 0 Å². The molecule has 5 nitrogen and oxygen atoms in total. The average molecular weight is 338 g/mol. The van der Waals surface area contributed by atoms with Crippen molar-refractivity contribution in [1.82, 2.24) is 5.32 Å². The van der Waals surface area contributed by atoms with Gasteiger partial charge in [0.05, 0.1) is 10.1 Å². The zero-order valence-electron chi connectivity index (χ0n) is 14.1. The molecule has 1 aliphatic carbocycles. The lowest BCUT2D eigenvalue weighted by atomic mass is 9.97. The van der Waals surface area contributed by atoms with Gasteiger partial charge in [0.2, 0.25) is 0 Å². The van der Waals surface area contributed by atoms with Crippen LogP contribution in [0, 0.1) is 5.41 Å². The fourth-order valence-electron chi connectivity index (χ4n) is 2.64. The van der Waals surface area contributed by atoms with Gasteiger partial charge in [0.1, 0.15) is 0 Å². The molecule has 0 bridgehead atoms. The second-order valence-electron chi connectivity index (χ2n) is 7.34. The van der Waals surface area contributed by atoms with E-state index in [4.69, 9.17) is 0 Å². The number of rotatable bonds is 4. The van der Waals surface area contributed by atoms with Gasteiger partial charge in [-0.3, -0.25) is 0 Å². The van der Waals surface area contributed by atoms with Crippen molar-refractivity contribution in [3.05, 3.63) is 24.3 Å². The molecule has 1 aromatic carbocycles. The molecule has 0 aromatic heterocycles. The number of carbonyl (C=O) groups is 1. The maximum absolute atomic E-state index is 12.5. The highest BCUT2D eigenvalue weighted by atomic mass is 32.2. The smallest absolute Gasteiger partial charge is 0.319 e. The van der Waals surface area contributed by atoms with Crippen molar-refractivity contribution in [3.63, 3.8) is 0 Å². The summed E-state index contributed by atoms with van der Waals surface area (Å²) in [6.07, 6.45) is 3.46. The second-order valence-corrected chi connectivity index (χ2v) is 9.57. The Bertz CT molecular complexity index is 639. The quantitative estimate of drug-likeness (QED) is 0.881. The van der Waals surface area contributed by atoms with Crippen molar-refractivity contribution in [2.45, 2.75) is 56.6 Å². The largest absolute Gasteiger partial charge is 0.337 e. The predicted octanol–water partition coefficient (Wildman–Crippen LogP) is 3.57. The summed E-state index contributed by atoms with van der Waals surface area (Å²) in [5.74, 6) is 0. The van der Waals surface area contributed by atoms with Gasteiger partial charge < -0.3 is 10.6 Å². The molecule has 1 aliphatic rings. The van der Waals surface area contributed by atoms with Gasteiger partial charge in [0.15, 0.2) is 9.84 Å². The van der Waals surface area contributed by atoms with Crippen LogP contribution in [-0.2, 0) is 9.84 Å². The molecular weight excluding hydrogens is 312 g/mol. The molecule has 0 aliphatic heterocycles. The molecule has 0 heterocycles. The first-order valence-electron chi connectivity index (χ1n) is 8.07. The second kappa shape index (κ2) is 6.91. The van der Waals surface area contributed by atoms with Crippen LogP contribution in [-0.4, -0.2) is 26.2 Å². The summed E-state index contributed by atoms with van der Waals surface area (Å²) < 4.78 is 25.0. The summed E-state index contributed by atoms with van der Waals surface area (Å²) in [7, 11) is -3.24. The van der Waals surface area contributed by atoms with Gasteiger partial charge in [0, 0.05) is 12.2 Å². The molecule has 1 aromatic rings. The van der Waals surface area contributed by atoms with Crippen LogP contribution in [0.15, 0.2) is 29.2 Å². The van der Waals surface area contributed by atoms with Crippen molar-refractivity contribution in [3.8, 4) is 0 Å². The maximum Gasteiger partial charge on any atom is 0.319 e. The molecule has 1 saturated carbocycles. The predicted molar refractivity (Wildman–Crippen MR) is 92.4 cm³/mol. The molecule has 0 unspecified atom stereocenters. The highest BCUT2D eigenvalue weighted by molar-refractivity contribution is 7.92. The average Bonchev–Trinajstić information content (AvgIpc) is 3.00. The van der Waals surface area contributed by atoms with Crippen LogP contribution in [0.1, 0.15) is 46.5 Å². The van der Waals surface area contributed by atoms with E-state index in [1.54, 1.807) is 24.3 Å². The van der Waals surface area contributed by atoms with E-state index in [1.807, 2.05) is 20.8 Å². The van der Waals surface area contributed by atoms with E-state index in [0.29, 0.717) is 17.1 Å². The normalized spacial score (nSPS) is 16.3. The Morgan fingerprint density at radius 2 is 1.70 bits per heavy atom. The molecule has 2 rings (SSSR count). The number of urea groups is 1. The summed E-state index contributed by atoms with van der Waals surface area (Å²) in [6, 6.07) is 6.14. The number of hydrogen-bond acceptors (Lipinski definition) is 3. The summed E-state index contributed by atoms with van der Waals surface area (Å²) in [5, 5.41) is 5.26. The Hall–Kier alpha value is -1.56. The van der Waals surface area contributed by atoms with Gasteiger partial charge in [-0.2, -0.15) is 0 Å². The number of amides is 2. The molecule has 2 amide bonds. The zero-order valence-corrected chi connectivity index (χ0v) is 14.9. The van der Waals surface area contributed by atoms with Crippen molar-refractivity contribution in [2.75, 3.05) is 11.9 Å². The van der Waals surface area contributed by atoms with Crippen LogP contribution in [0.4, 0.5) is 10.5 Å². The minimum absolute atomic E-state index is 0.0105. The summed E-state index contributed by atoms with van der Waals surface area (Å²) in [4.78, 5) is 12.1. The van der Waals surface area contributed by atoms with Gasteiger partial charge in [-0.25, -0.2) is 13.2 Å². The molecule has 0 spiro atoms. The molecule has 2 N–H and O–H groups in total. The topological polar surface area (TPSA) is 75.3 Å². The molecule has 1 fully saturated rings. The molecule has 6 heteroatoms. The van der Waals surface area contributed by atoms with E-state index in [1.165, 1.54) is 0 Å². The molecule has 0 saturated heterocycles. The van der Waals surface area contributed by atoms with Crippen LogP contribution < -0.4 is 10.6 Å². The molecule has 23 heavy (non-hydrogen) atoms. The Balaban J connectivity index is 1.98. The molecule has 0 radical (unpaired) electrons. The third kappa shape index (κ3) is 4.96. The minimum Gasteiger partial charge on any atom is -0.337 e. The summed E-state index contributed by atoms with van der Waals surface area (Å²) in [5.41, 5.74) is 0.595. The van der Waals surface area contributed by atoms with Crippen LogP contribution in [0.2, 0.25) is 0 Å². The maximum atomic E-state index is 12.5. The zero-order chi connectivity index (χ0) is 17.1. The van der Waals surface area contributed by atoms with Gasteiger partial charge >= 0.3 is 6.03 Å². The number of nitrogens with one attached hydrogen (secondary N) is 2. The van der Waals surface area contributed by atoms with E-state index in [-0.39, 0.29) is 16.7 Å². The van der Waals surface area contributed by atoms with Crippen LogP contribution in [0.3, 0.4) is 0 Å². The number of carbonyl (C=O) groups excluding carboxylic acids is 1. The summed E-state index contributed by atoms with van der Waals surface area (Å²) >= 11 is 0. The lowest BCUT2D eigenvalue weighted by Gasteiger charge is -2.19. The van der Waals surface area contributed by atoms with E-state index < -0.39 is 9.84 Å². The highest BCUT2D eigenvalue weighted by Crippen LogP contribution is 2.30. The minimum atomic E-state index is -3.24. The fraction of sp³-hybridized carbons (Fsp3) is 0.588. The number of sulfone groups is 1. The number of anilines is 1. The van der Waals surface area contributed by atoms with E-state index in [0.717, 1.165) is 25.7 Å². The standard InChI is InChI=1S/C17H26N2O3S/c1-17(2,3)12-18-16(20)19-13-8-10-15(11-9-13)23(21,22)14-6-4-5-7-14/h8-11,14H,4-7,12H2,1-3H3,(H2,18,19,20). The monoisotopic (exact) mass is 338 g/mol. The highest BCUT2D eigenvalue weighted by Gasteiger charge is 2.30. The first kappa shape index (κ1) is 17.8. The Labute approximate surface area is 138 Å². The Morgan fingerprint density at radius 1 is 1.13 bits per heavy atom. The third-order valence-electron chi connectivity index (χ3n) is 3.96. The molecule has 128 valence electrons. The van der Waals surface area contributed by atoms with Crippen LogP contribution in [0.5, 0.6) is 0 Å². The van der Waals surface area contributed by atoms with Gasteiger partial charge in [-0.1, -0.05) is 33.6 Å². The van der Waals surface area contributed by atoms with Gasteiger partial charge in [-0.15, -0.1) is 0 Å². The van der Waals surface area contributed by atoms with E-state index in [9.17, 15) is 13.2 Å². The van der Waals surface area contributed by atoms with Gasteiger partial charge in [-0.05, 0) is 42.5 Å². The van der Waals surface area contributed by atoms with Crippen LogP contribution in [0.25, 0.3) is 0 Å². The SMILES string of the molecule is CC(C)(C)CNC(=O)Nc1ccc(S(=O)(=O)C2CCCC2)cc1. The van der Waals surface area contributed by atoms with Crippen molar-refractivity contribution < 1.29 is 13.2 Å². The van der Waals surface area contributed by atoms with E-state index >= 15 is 0 Å². The summed E-state index contributed by atoms with van der Waals surface area (Å²) in [6.45, 7) is 6.68. The first-order chi connectivity index (χ1) is 10.7. The Kier molecular flexibility index (Phi) is 5.34.